The fraction of sp³-hybridized carbons (Fsp3) is 0.348. The molecule has 0 aliphatic carbocycles. The molecule has 0 radical (unpaired) electrons. The number of fused-ring (bicyclic) bond motifs is 1. The maximum Gasteiger partial charge on any atom is 0.263 e. The Hall–Kier alpha value is -2.77. The number of pyridine rings is 1. The van der Waals surface area contributed by atoms with Crippen molar-refractivity contribution in [1.82, 2.24) is 20.1 Å². The molecule has 7 heteroatoms. The third-order valence-electron chi connectivity index (χ3n) is 5.47. The molecule has 1 atom stereocenters. The Balaban J connectivity index is 1.45. The first-order valence-electron chi connectivity index (χ1n) is 10.1. The number of thiophene rings is 1. The molecule has 6 nitrogen and oxygen atoms in total. The molecule has 1 fully saturated rings. The average molecular weight is 423 g/mol. The molecule has 2 amide bonds. The van der Waals surface area contributed by atoms with E-state index in [2.05, 4.69) is 27.3 Å². The quantitative estimate of drug-likeness (QED) is 0.663. The zero-order chi connectivity index (χ0) is 21.1. The van der Waals surface area contributed by atoms with E-state index in [-0.39, 0.29) is 17.7 Å². The van der Waals surface area contributed by atoms with Crippen molar-refractivity contribution >= 4 is 33.2 Å². The summed E-state index contributed by atoms with van der Waals surface area (Å²) in [4.78, 5) is 34.1. The molecule has 0 unspecified atom stereocenters. The van der Waals surface area contributed by atoms with Crippen LogP contribution in [0, 0.1) is 0 Å². The molecule has 1 aromatic carbocycles. The number of carbonyl (C=O) groups is 2. The highest BCUT2D eigenvalue weighted by molar-refractivity contribution is 7.21. The van der Waals surface area contributed by atoms with Gasteiger partial charge in [0, 0.05) is 37.5 Å². The maximum atomic E-state index is 12.8. The molecule has 1 saturated heterocycles. The second kappa shape index (κ2) is 8.93. The normalized spacial score (nSPS) is 16.7. The van der Waals surface area contributed by atoms with Crippen LogP contribution in [0.2, 0.25) is 0 Å². The number of nitrogens with zero attached hydrogens (tertiary/aromatic N) is 3. The number of hydrogen-bond acceptors (Lipinski definition) is 5. The molecule has 1 aliphatic heterocycles. The summed E-state index contributed by atoms with van der Waals surface area (Å²) in [5, 5.41) is 4.11. The molecule has 30 heavy (non-hydrogen) atoms. The van der Waals surface area contributed by atoms with E-state index in [4.69, 9.17) is 0 Å². The van der Waals surface area contributed by atoms with Crippen molar-refractivity contribution in [3.8, 4) is 0 Å². The molecule has 4 rings (SSSR count). The summed E-state index contributed by atoms with van der Waals surface area (Å²) in [7, 11) is 3.59. The number of likely N-dealkylation sites (tertiary alicyclic amines) is 1. The Bertz CT molecular complexity index is 1050. The van der Waals surface area contributed by atoms with Crippen molar-refractivity contribution in [3.63, 3.8) is 0 Å². The van der Waals surface area contributed by atoms with Gasteiger partial charge >= 0.3 is 0 Å². The molecule has 3 heterocycles. The van der Waals surface area contributed by atoms with Gasteiger partial charge in [0.25, 0.3) is 5.91 Å². The summed E-state index contributed by atoms with van der Waals surface area (Å²) in [5.41, 5.74) is 1.99. The lowest BCUT2D eigenvalue weighted by Crippen LogP contribution is -2.35. The summed E-state index contributed by atoms with van der Waals surface area (Å²) < 4.78 is 1.14. The van der Waals surface area contributed by atoms with Crippen LogP contribution in [0.3, 0.4) is 0 Å². The van der Waals surface area contributed by atoms with Gasteiger partial charge in [-0.3, -0.25) is 19.5 Å². The molecule has 0 saturated carbocycles. The van der Waals surface area contributed by atoms with Gasteiger partial charge in [0.1, 0.15) is 0 Å². The first-order valence-corrected chi connectivity index (χ1v) is 11.0. The summed E-state index contributed by atoms with van der Waals surface area (Å²) in [6.45, 7) is 2.43. The highest BCUT2D eigenvalue weighted by Gasteiger charge is 2.31. The lowest BCUT2D eigenvalue weighted by molar-refractivity contribution is -0.122. The molecule has 156 valence electrons. The van der Waals surface area contributed by atoms with Crippen LogP contribution in [-0.2, 0) is 11.3 Å². The van der Waals surface area contributed by atoms with E-state index in [1.807, 2.05) is 30.3 Å². The topological polar surface area (TPSA) is 65.5 Å². The lowest BCUT2D eigenvalue weighted by atomic mass is 9.95. The van der Waals surface area contributed by atoms with Crippen LogP contribution in [-0.4, -0.2) is 60.3 Å². The Labute approximate surface area is 180 Å². The molecule has 1 N–H and O–H groups in total. The van der Waals surface area contributed by atoms with E-state index in [9.17, 15) is 9.59 Å². The Morgan fingerprint density at radius 1 is 1.20 bits per heavy atom. The van der Waals surface area contributed by atoms with Gasteiger partial charge in [-0.15, -0.1) is 11.3 Å². The molecule has 2 aromatic heterocycles. The molecular formula is C23H26N4O2S. The van der Waals surface area contributed by atoms with Gasteiger partial charge in [0.15, 0.2) is 0 Å². The average Bonchev–Trinajstić information content (AvgIpc) is 3.36. The third kappa shape index (κ3) is 4.37. The Morgan fingerprint density at radius 2 is 2.00 bits per heavy atom. The Kier molecular flexibility index (Phi) is 6.11. The first-order chi connectivity index (χ1) is 14.5. The van der Waals surface area contributed by atoms with E-state index in [1.165, 1.54) is 5.39 Å². The third-order valence-corrected chi connectivity index (χ3v) is 6.65. The van der Waals surface area contributed by atoms with Gasteiger partial charge in [-0.25, -0.2) is 0 Å². The zero-order valence-corrected chi connectivity index (χ0v) is 18.1. The second-order valence-electron chi connectivity index (χ2n) is 7.86. The van der Waals surface area contributed by atoms with Crippen molar-refractivity contribution in [1.29, 1.82) is 0 Å². The fourth-order valence-electron chi connectivity index (χ4n) is 4.00. The monoisotopic (exact) mass is 422 g/mol. The lowest BCUT2D eigenvalue weighted by Gasteiger charge is -2.17. The summed E-state index contributed by atoms with van der Waals surface area (Å²) in [6.07, 6.45) is 2.67. The van der Waals surface area contributed by atoms with E-state index in [1.54, 1.807) is 36.5 Å². The standard InChI is InChI=1S/C23H26N4O2S/c1-26(2)23(29)22-21(18-8-3-4-9-19(18)30-22)16-10-12-27(14-16)15-20(28)25-13-17-7-5-6-11-24-17/h3-9,11,16H,10,12-15H2,1-2H3,(H,25,28)/t16-/m0/s1. The molecule has 1 aliphatic rings. The van der Waals surface area contributed by atoms with Crippen LogP contribution in [0.5, 0.6) is 0 Å². The number of rotatable bonds is 6. The summed E-state index contributed by atoms with van der Waals surface area (Å²) in [5.74, 6) is 0.308. The van der Waals surface area contributed by atoms with E-state index in [0.717, 1.165) is 40.3 Å². The van der Waals surface area contributed by atoms with Gasteiger partial charge in [-0.2, -0.15) is 0 Å². The van der Waals surface area contributed by atoms with Gasteiger partial charge < -0.3 is 10.2 Å². The largest absolute Gasteiger partial charge is 0.349 e. The van der Waals surface area contributed by atoms with Crippen molar-refractivity contribution in [2.75, 3.05) is 33.7 Å². The van der Waals surface area contributed by atoms with Crippen LogP contribution < -0.4 is 5.32 Å². The number of benzene rings is 1. The van der Waals surface area contributed by atoms with Crippen LogP contribution in [0.4, 0.5) is 0 Å². The van der Waals surface area contributed by atoms with Crippen LogP contribution >= 0.6 is 11.3 Å². The predicted octanol–water partition coefficient (Wildman–Crippen LogP) is 3.10. The van der Waals surface area contributed by atoms with Crippen LogP contribution in [0.25, 0.3) is 10.1 Å². The number of amides is 2. The molecule has 3 aromatic rings. The van der Waals surface area contributed by atoms with Gasteiger partial charge in [0.05, 0.1) is 23.7 Å². The second-order valence-corrected chi connectivity index (χ2v) is 8.91. The van der Waals surface area contributed by atoms with Crippen molar-refractivity contribution < 1.29 is 9.59 Å². The van der Waals surface area contributed by atoms with Gasteiger partial charge in [-0.1, -0.05) is 24.3 Å². The fourth-order valence-corrected chi connectivity index (χ4v) is 5.31. The Morgan fingerprint density at radius 3 is 2.77 bits per heavy atom. The van der Waals surface area contributed by atoms with Crippen molar-refractivity contribution in [2.45, 2.75) is 18.9 Å². The highest BCUT2D eigenvalue weighted by Crippen LogP contribution is 2.40. The molecule has 0 bridgehead atoms. The molecule has 0 spiro atoms. The number of nitrogens with one attached hydrogen (secondary N) is 1. The number of aromatic nitrogens is 1. The number of hydrogen-bond donors (Lipinski definition) is 1. The minimum Gasteiger partial charge on any atom is -0.349 e. The van der Waals surface area contributed by atoms with Crippen molar-refractivity contribution in [3.05, 3.63) is 64.8 Å². The van der Waals surface area contributed by atoms with Gasteiger partial charge in [-0.05, 0) is 42.1 Å². The maximum absolute atomic E-state index is 12.8. The van der Waals surface area contributed by atoms with Gasteiger partial charge in [0.2, 0.25) is 5.91 Å². The zero-order valence-electron chi connectivity index (χ0n) is 17.3. The highest BCUT2D eigenvalue weighted by atomic mass is 32.1. The van der Waals surface area contributed by atoms with Crippen LogP contribution in [0.1, 0.15) is 33.3 Å². The number of carbonyl (C=O) groups excluding carboxylic acids is 2. The predicted molar refractivity (Wildman–Crippen MR) is 120 cm³/mol. The molecular weight excluding hydrogens is 396 g/mol. The summed E-state index contributed by atoms with van der Waals surface area (Å²) in [6, 6.07) is 13.9. The summed E-state index contributed by atoms with van der Waals surface area (Å²) >= 11 is 1.57. The smallest absolute Gasteiger partial charge is 0.263 e. The van der Waals surface area contributed by atoms with E-state index < -0.39 is 0 Å². The minimum absolute atomic E-state index is 0.000992. The SMILES string of the molecule is CN(C)C(=O)c1sc2ccccc2c1[C@H]1CCN(CC(=O)NCc2ccccn2)C1. The van der Waals surface area contributed by atoms with E-state index >= 15 is 0 Å². The van der Waals surface area contributed by atoms with Crippen LogP contribution in [0.15, 0.2) is 48.7 Å². The van der Waals surface area contributed by atoms with E-state index in [0.29, 0.717) is 13.1 Å². The first kappa shape index (κ1) is 20.5. The van der Waals surface area contributed by atoms with Crippen molar-refractivity contribution in [2.24, 2.45) is 0 Å². The minimum atomic E-state index is 0.000992.